The van der Waals surface area contributed by atoms with E-state index in [0.29, 0.717) is 17.4 Å². The summed E-state index contributed by atoms with van der Waals surface area (Å²) in [5, 5.41) is 0.590. The van der Waals surface area contributed by atoms with Crippen molar-refractivity contribution in [2.75, 3.05) is 0 Å². The minimum absolute atomic E-state index is 0.0296. The molecule has 0 aliphatic carbocycles. The van der Waals surface area contributed by atoms with Crippen LogP contribution in [0.3, 0.4) is 0 Å². The molecule has 100 valence electrons. The van der Waals surface area contributed by atoms with Crippen LogP contribution in [0.5, 0.6) is 5.75 Å². The number of halogens is 2. The van der Waals surface area contributed by atoms with Gasteiger partial charge >= 0.3 is 0 Å². The number of hydrogen-bond donors (Lipinski definition) is 1. The summed E-state index contributed by atoms with van der Waals surface area (Å²) in [4.78, 5) is 0. The molecule has 1 atom stereocenters. The first-order valence-corrected chi connectivity index (χ1v) is 7.15. The average molecular weight is 341 g/mol. The van der Waals surface area contributed by atoms with Crippen LogP contribution >= 0.6 is 27.5 Å². The second-order valence-electron chi connectivity index (χ2n) is 4.39. The van der Waals surface area contributed by atoms with Gasteiger partial charge in [0.2, 0.25) is 0 Å². The lowest BCUT2D eigenvalue weighted by Crippen LogP contribution is -2.05. The Labute approximate surface area is 126 Å². The van der Waals surface area contributed by atoms with E-state index in [0.717, 1.165) is 15.6 Å². The van der Waals surface area contributed by atoms with Gasteiger partial charge in [-0.15, -0.1) is 0 Å². The molecule has 0 bridgehead atoms. The number of hydrogen-bond acceptors (Lipinski definition) is 2. The van der Waals surface area contributed by atoms with Gasteiger partial charge in [-0.2, -0.15) is 0 Å². The van der Waals surface area contributed by atoms with Gasteiger partial charge in [0.1, 0.15) is 12.4 Å². The van der Waals surface area contributed by atoms with E-state index in [1.54, 1.807) is 0 Å². The first-order valence-electron chi connectivity index (χ1n) is 5.98. The van der Waals surface area contributed by atoms with Crippen LogP contribution in [0.2, 0.25) is 5.02 Å². The van der Waals surface area contributed by atoms with Gasteiger partial charge in [-0.05, 0) is 42.3 Å². The van der Waals surface area contributed by atoms with Crippen LogP contribution in [-0.2, 0) is 6.61 Å². The smallest absolute Gasteiger partial charge is 0.138 e. The molecule has 2 rings (SSSR count). The maximum absolute atomic E-state index is 6.18. The summed E-state index contributed by atoms with van der Waals surface area (Å²) in [6, 6.07) is 13.6. The zero-order valence-electron chi connectivity index (χ0n) is 10.6. The molecule has 2 aromatic rings. The molecular formula is C15H15BrClNO. The Balaban J connectivity index is 2.05. The molecule has 0 amide bonds. The standard InChI is InChI=1S/C15H15BrClNO/c1-10(18)12-4-7-15(14(17)8-12)19-9-11-2-5-13(16)6-3-11/h2-8,10H,9,18H2,1H3. The van der Waals surface area contributed by atoms with Gasteiger partial charge in [0, 0.05) is 10.5 Å². The Morgan fingerprint density at radius 3 is 2.47 bits per heavy atom. The summed E-state index contributed by atoms with van der Waals surface area (Å²) in [6.45, 7) is 2.42. The van der Waals surface area contributed by atoms with E-state index in [9.17, 15) is 0 Å². The molecule has 0 radical (unpaired) electrons. The zero-order valence-corrected chi connectivity index (χ0v) is 12.9. The van der Waals surface area contributed by atoms with Crippen molar-refractivity contribution in [1.29, 1.82) is 0 Å². The second kappa shape index (κ2) is 6.42. The molecule has 2 aromatic carbocycles. The quantitative estimate of drug-likeness (QED) is 0.875. The number of ether oxygens (including phenoxy) is 1. The molecule has 1 unspecified atom stereocenters. The van der Waals surface area contributed by atoms with E-state index in [-0.39, 0.29) is 6.04 Å². The molecule has 0 heterocycles. The highest BCUT2D eigenvalue weighted by Gasteiger charge is 2.06. The first kappa shape index (κ1) is 14.4. The van der Waals surface area contributed by atoms with Gasteiger partial charge < -0.3 is 10.5 Å². The fraction of sp³-hybridized carbons (Fsp3) is 0.200. The van der Waals surface area contributed by atoms with Crippen molar-refractivity contribution in [3.8, 4) is 5.75 Å². The SMILES string of the molecule is CC(N)c1ccc(OCc2ccc(Br)cc2)c(Cl)c1. The molecule has 19 heavy (non-hydrogen) atoms. The Morgan fingerprint density at radius 1 is 1.21 bits per heavy atom. The molecule has 2 nitrogen and oxygen atoms in total. The molecule has 0 saturated heterocycles. The van der Waals surface area contributed by atoms with E-state index in [2.05, 4.69) is 15.9 Å². The Morgan fingerprint density at radius 2 is 1.89 bits per heavy atom. The lowest BCUT2D eigenvalue weighted by molar-refractivity contribution is 0.306. The maximum atomic E-state index is 6.18. The predicted octanol–water partition coefficient (Wildman–Crippen LogP) is 4.70. The summed E-state index contributed by atoms with van der Waals surface area (Å²) in [6.07, 6.45) is 0. The topological polar surface area (TPSA) is 35.2 Å². The van der Waals surface area contributed by atoms with Gasteiger partial charge in [0.25, 0.3) is 0 Å². The first-order chi connectivity index (χ1) is 9.06. The van der Waals surface area contributed by atoms with Crippen LogP contribution in [0, 0.1) is 0 Å². The Hall–Kier alpha value is -1.03. The van der Waals surface area contributed by atoms with Crippen LogP contribution in [0.25, 0.3) is 0 Å². The van der Waals surface area contributed by atoms with Crippen LogP contribution in [0.1, 0.15) is 24.1 Å². The summed E-state index contributed by atoms with van der Waals surface area (Å²) < 4.78 is 6.76. The van der Waals surface area contributed by atoms with Gasteiger partial charge in [-0.25, -0.2) is 0 Å². The largest absolute Gasteiger partial charge is 0.487 e. The second-order valence-corrected chi connectivity index (χ2v) is 5.72. The van der Waals surface area contributed by atoms with Crippen LogP contribution in [0.15, 0.2) is 46.9 Å². The van der Waals surface area contributed by atoms with Gasteiger partial charge in [-0.3, -0.25) is 0 Å². The van der Waals surface area contributed by atoms with Crippen molar-refractivity contribution in [3.05, 3.63) is 63.1 Å². The maximum Gasteiger partial charge on any atom is 0.138 e. The van der Waals surface area contributed by atoms with E-state index in [1.165, 1.54) is 0 Å². The minimum atomic E-state index is -0.0296. The van der Waals surface area contributed by atoms with Crippen molar-refractivity contribution in [2.24, 2.45) is 5.73 Å². The summed E-state index contributed by atoms with van der Waals surface area (Å²) >= 11 is 9.58. The molecule has 0 saturated carbocycles. The predicted molar refractivity (Wildman–Crippen MR) is 82.5 cm³/mol. The van der Waals surface area contributed by atoms with Crippen LogP contribution in [0.4, 0.5) is 0 Å². The van der Waals surface area contributed by atoms with Gasteiger partial charge in [0.05, 0.1) is 5.02 Å². The van der Waals surface area contributed by atoms with E-state index < -0.39 is 0 Å². The highest BCUT2D eigenvalue weighted by atomic mass is 79.9. The third-order valence-electron chi connectivity index (χ3n) is 2.79. The summed E-state index contributed by atoms with van der Waals surface area (Å²) in [5.41, 5.74) is 7.90. The van der Waals surface area contributed by atoms with Crippen molar-refractivity contribution in [2.45, 2.75) is 19.6 Å². The molecular weight excluding hydrogens is 326 g/mol. The summed E-state index contributed by atoms with van der Waals surface area (Å²) in [7, 11) is 0. The fourth-order valence-electron chi connectivity index (χ4n) is 1.66. The number of rotatable bonds is 4. The lowest BCUT2D eigenvalue weighted by Gasteiger charge is -2.11. The van der Waals surface area contributed by atoms with Gasteiger partial charge in [0.15, 0.2) is 0 Å². The molecule has 0 spiro atoms. The normalized spacial score (nSPS) is 12.2. The van der Waals surface area contributed by atoms with Crippen LogP contribution in [-0.4, -0.2) is 0 Å². The average Bonchev–Trinajstić information content (AvgIpc) is 2.39. The highest BCUT2D eigenvalue weighted by molar-refractivity contribution is 9.10. The molecule has 0 fully saturated rings. The van der Waals surface area contributed by atoms with E-state index in [1.807, 2.05) is 49.4 Å². The van der Waals surface area contributed by atoms with Crippen LogP contribution < -0.4 is 10.5 Å². The zero-order chi connectivity index (χ0) is 13.8. The lowest BCUT2D eigenvalue weighted by atomic mass is 10.1. The number of nitrogens with two attached hydrogens (primary N) is 1. The van der Waals surface area contributed by atoms with Crippen molar-refractivity contribution in [1.82, 2.24) is 0 Å². The third kappa shape index (κ3) is 3.96. The molecule has 2 N–H and O–H groups in total. The van der Waals surface area contributed by atoms with Gasteiger partial charge in [-0.1, -0.05) is 45.7 Å². The Kier molecular flexibility index (Phi) is 4.86. The van der Waals surface area contributed by atoms with Crippen molar-refractivity contribution >= 4 is 27.5 Å². The fourth-order valence-corrected chi connectivity index (χ4v) is 2.17. The monoisotopic (exact) mass is 339 g/mol. The van der Waals surface area contributed by atoms with Crippen molar-refractivity contribution in [3.63, 3.8) is 0 Å². The molecule has 0 aromatic heterocycles. The molecule has 0 aliphatic rings. The van der Waals surface area contributed by atoms with E-state index >= 15 is 0 Å². The molecule has 0 aliphatic heterocycles. The third-order valence-corrected chi connectivity index (χ3v) is 3.61. The number of benzene rings is 2. The summed E-state index contributed by atoms with van der Waals surface area (Å²) in [5.74, 6) is 0.675. The highest BCUT2D eigenvalue weighted by Crippen LogP contribution is 2.28. The Bertz CT molecular complexity index is 555. The molecule has 4 heteroatoms. The van der Waals surface area contributed by atoms with Crippen molar-refractivity contribution < 1.29 is 4.74 Å². The minimum Gasteiger partial charge on any atom is -0.487 e. The van der Waals surface area contributed by atoms with E-state index in [4.69, 9.17) is 22.1 Å².